The fraction of sp³-hybridized carbons (Fsp3) is 0.619. The molecular weight excluding hydrogens is 352 g/mol. The van der Waals surface area contributed by atoms with Crippen LogP contribution in [0.3, 0.4) is 0 Å². The van der Waals surface area contributed by atoms with Crippen molar-refractivity contribution >= 4 is 5.91 Å². The molecule has 150 valence electrons. The van der Waals surface area contributed by atoms with Gasteiger partial charge in [-0.3, -0.25) is 9.48 Å². The molecule has 2 aromatic rings. The number of hydrogen-bond donors (Lipinski definition) is 1. The van der Waals surface area contributed by atoms with E-state index in [1.54, 1.807) is 0 Å². The van der Waals surface area contributed by atoms with Crippen LogP contribution in [-0.4, -0.2) is 50.2 Å². The highest BCUT2D eigenvalue weighted by molar-refractivity contribution is 5.76. The Kier molecular flexibility index (Phi) is 5.44. The molecule has 28 heavy (non-hydrogen) atoms. The van der Waals surface area contributed by atoms with Gasteiger partial charge in [0.2, 0.25) is 5.91 Å². The van der Waals surface area contributed by atoms with E-state index in [4.69, 9.17) is 4.98 Å². The predicted octanol–water partition coefficient (Wildman–Crippen LogP) is 2.04. The summed E-state index contributed by atoms with van der Waals surface area (Å²) >= 11 is 0. The molecule has 0 bridgehead atoms. The summed E-state index contributed by atoms with van der Waals surface area (Å²) in [5.41, 5.74) is 5.84. The second kappa shape index (κ2) is 7.99. The molecule has 0 saturated carbocycles. The lowest BCUT2D eigenvalue weighted by Gasteiger charge is -2.31. The molecule has 4 rings (SSSR count). The second-order valence-electron chi connectivity index (χ2n) is 8.05. The van der Waals surface area contributed by atoms with Crippen molar-refractivity contribution < 1.29 is 4.79 Å². The summed E-state index contributed by atoms with van der Waals surface area (Å²) in [5.74, 6) is 1.55. The van der Waals surface area contributed by atoms with Gasteiger partial charge in [-0.1, -0.05) is 0 Å². The first-order chi connectivity index (χ1) is 13.5. The van der Waals surface area contributed by atoms with E-state index in [0.29, 0.717) is 18.9 Å². The highest BCUT2D eigenvalue weighted by Crippen LogP contribution is 2.27. The third-order valence-electron chi connectivity index (χ3n) is 6.32. The minimum atomic E-state index is 0.223. The zero-order valence-corrected chi connectivity index (χ0v) is 17.2. The number of hydrogen-bond acceptors (Lipinski definition) is 5. The van der Waals surface area contributed by atoms with Gasteiger partial charge < -0.3 is 10.2 Å². The molecule has 0 spiro atoms. The van der Waals surface area contributed by atoms with Crippen molar-refractivity contribution in [3.05, 3.63) is 40.2 Å². The lowest BCUT2D eigenvalue weighted by atomic mass is 9.95. The smallest absolute Gasteiger partial charge is 0.224 e. The van der Waals surface area contributed by atoms with E-state index < -0.39 is 0 Å². The number of carbonyl (C=O) groups excluding carboxylic acids is 1. The molecule has 2 aliphatic heterocycles. The molecule has 7 heteroatoms. The van der Waals surface area contributed by atoms with Crippen LogP contribution in [0.5, 0.6) is 0 Å². The molecule has 0 atom stereocenters. The van der Waals surface area contributed by atoms with Crippen LogP contribution in [0, 0.1) is 20.8 Å². The molecule has 7 nitrogen and oxygen atoms in total. The first kappa shape index (κ1) is 19.1. The number of piperidine rings is 1. The number of fused-ring (bicyclic) bond motifs is 1. The maximum absolute atomic E-state index is 12.7. The molecule has 1 saturated heterocycles. The number of likely N-dealkylation sites (tertiary alicyclic amines) is 1. The zero-order chi connectivity index (χ0) is 19.7. The Morgan fingerprint density at radius 1 is 1.25 bits per heavy atom. The van der Waals surface area contributed by atoms with E-state index in [2.05, 4.69) is 29.2 Å². The number of nitrogens with zero attached hydrogens (tertiary/aromatic N) is 5. The van der Waals surface area contributed by atoms with Gasteiger partial charge in [0.15, 0.2) is 0 Å². The normalized spacial score (nSPS) is 17.6. The number of nitrogens with one attached hydrogen (secondary N) is 1. The lowest BCUT2D eigenvalue weighted by Crippen LogP contribution is -2.38. The van der Waals surface area contributed by atoms with E-state index in [9.17, 15) is 4.79 Å². The Bertz CT molecular complexity index is 866. The largest absolute Gasteiger partial charge is 0.343 e. The minimum absolute atomic E-state index is 0.223. The SMILES string of the molecule is Cc1nn(CCC(=O)N2CCC(c3ncc4c(n3)CCNC4)CC2)c(C)c1C. The van der Waals surface area contributed by atoms with Crippen LogP contribution in [0.25, 0.3) is 0 Å². The molecule has 2 aromatic heterocycles. The number of carbonyl (C=O) groups is 1. The van der Waals surface area contributed by atoms with Crippen molar-refractivity contribution in [3.63, 3.8) is 0 Å². The minimum Gasteiger partial charge on any atom is -0.343 e. The first-order valence-electron chi connectivity index (χ1n) is 10.4. The number of rotatable bonds is 4. The molecule has 0 radical (unpaired) electrons. The molecule has 1 amide bonds. The molecule has 0 aromatic carbocycles. The van der Waals surface area contributed by atoms with Crippen molar-refractivity contribution in [2.75, 3.05) is 19.6 Å². The van der Waals surface area contributed by atoms with Crippen molar-refractivity contribution in [3.8, 4) is 0 Å². The van der Waals surface area contributed by atoms with Gasteiger partial charge in [-0.25, -0.2) is 9.97 Å². The summed E-state index contributed by atoms with van der Waals surface area (Å²) < 4.78 is 1.96. The number of aryl methyl sites for hydroxylation is 2. The van der Waals surface area contributed by atoms with E-state index in [-0.39, 0.29) is 5.91 Å². The van der Waals surface area contributed by atoms with Crippen LogP contribution >= 0.6 is 0 Å². The summed E-state index contributed by atoms with van der Waals surface area (Å²) in [5, 5.41) is 7.90. The maximum atomic E-state index is 12.7. The van der Waals surface area contributed by atoms with E-state index >= 15 is 0 Å². The first-order valence-corrected chi connectivity index (χ1v) is 10.4. The molecule has 1 fully saturated rings. The van der Waals surface area contributed by atoms with Gasteiger partial charge in [0.05, 0.1) is 5.69 Å². The quantitative estimate of drug-likeness (QED) is 0.876. The Hall–Kier alpha value is -2.28. The summed E-state index contributed by atoms with van der Waals surface area (Å²) in [6.07, 6.45) is 5.36. The zero-order valence-electron chi connectivity index (χ0n) is 17.2. The van der Waals surface area contributed by atoms with Crippen LogP contribution < -0.4 is 5.32 Å². The summed E-state index contributed by atoms with van der Waals surface area (Å²) in [7, 11) is 0. The number of amides is 1. The average molecular weight is 383 g/mol. The van der Waals surface area contributed by atoms with Gasteiger partial charge in [0, 0.05) is 74.6 Å². The van der Waals surface area contributed by atoms with Crippen molar-refractivity contribution in [2.24, 2.45) is 0 Å². The Morgan fingerprint density at radius 3 is 2.75 bits per heavy atom. The molecule has 0 unspecified atom stereocenters. The van der Waals surface area contributed by atoms with Gasteiger partial charge in [0.25, 0.3) is 0 Å². The van der Waals surface area contributed by atoms with E-state index in [1.807, 2.05) is 22.7 Å². The van der Waals surface area contributed by atoms with Gasteiger partial charge >= 0.3 is 0 Å². The molecule has 1 N–H and O–H groups in total. The molecule has 0 aliphatic carbocycles. The van der Waals surface area contributed by atoms with Crippen LogP contribution in [-0.2, 0) is 24.3 Å². The van der Waals surface area contributed by atoms with Crippen molar-refractivity contribution in [2.45, 2.75) is 65.5 Å². The summed E-state index contributed by atoms with van der Waals surface area (Å²) in [4.78, 5) is 24.1. The average Bonchev–Trinajstić information content (AvgIpc) is 2.98. The molecule has 4 heterocycles. The second-order valence-corrected chi connectivity index (χ2v) is 8.05. The third-order valence-corrected chi connectivity index (χ3v) is 6.32. The van der Waals surface area contributed by atoms with Gasteiger partial charge in [-0.05, 0) is 39.2 Å². The summed E-state index contributed by atoms with van der Waals surface area (Å²) in [6, 6.07) is 0. The van der Waals surface area contributed by atoms with Gasteiger partial charge in [-0.2, -0.15) is 5.10 Å². The summed E-state index contributed by atoms with van der Waals surface area (Å²) in [6.45, 7) is 10.3. The monoisotopic (exact) mass is 382 g/mol. The Balaban J connectivity index is 1.31. The van der Waals surface area contributed by atoms with Crippen molar-refractivity contribution in [1.82, 2.24) is 30.0 Å². The standard InChI is InChI=1S/C21H30N6O/c1-14-15(2)25-27(16(14)3)11-7-20(28)26-9-5-17(6-10-26)21-23-13-18-12-22-8-4-19(18)24-21/h13,17,22H,4-12H2,1-3H3. The van der Waals surface area contributed by atoms with Crippen LogP contribution in [0.15, 0.2) is 6.20 Å². The Labute approximate surface area is 166 Å². The molecule has 2 aliphatic rings. The van der Waals surface area contributed by atoms with Gasteiger partial charge in [-0.15, -0.1) is 0 Å². The topological polar surface area (TPSA) is 75.9 Å². The van der Waals surface area contributed by atoms with Crippen molar-refractivity contribution in [1.29, 1.82) is 0 Å². The maximum Gasteiger partial charge on any atom is 0.224 e. The third kappa shape index (κ3) is 3.81. The van der Waals surface area contributed by atoms with Crippen LogP contribution in [0.4, 0.5) is 0 Å². The fourth-order valence-electron chi connectivity index (χ4n) is 4.20. The van der Waals surface area contributed by atoms with Gasteiger partial charge in [0.1, 0.15) is 5.82 Å². The van der Waals surface area contributed by atoms with E-state index in [0.717, 1.165) is 62.7 Å². The Morgan fingerprint density at radius 2 is 2.04 bits per heavy atom. The predicted molar refractivity (Wildman–Crippen MR) is 107 cm³/mol. The van der Waals surface area contributed by atoms with Crippen LogP contribution in [0.1, 0.15) is 59.2 Å². The van der Waals surface area contributed by atoms with Crippen LogP contribution in [0.2, 0.25) is 0 Å². The highest BCUT2D eigenvalue weighted by atomic mass is 16.2. The lowest BCUT2D eigenvalue weighted by molar-refractivity contribution is -0.132. The van der Waals surface area contributed by atoms with E-state index in [1.165, 1.54) is 16.8 Å². The fourth-order valence-corrected chi connectivity index (χ4v) is 4.20. The molecular formula is C21H30N6O. The highest BCUT2D eigenvalue weighted by Gasteiger charge is 2.26. The number of aromatic nitrogens is 4.